The molecule has 0 aliphatic rings. The van der Waals surface area contributed by atoms with E-state index in [4.69, 9.17) is 4.43 Å². The third-order valence-corrected chi connectivity index (χ3v) is 7.73. The number of hydrogen-bond donors (Lipinski definition) is 0. The van der Waals surface area contributed by atoms with E-state index in [1.165, 1.54) is 13.2 Å². The lowest BCUT2D eigenvalue weighted by Crippen LogP contribution is -2.44. The molecule has 0 aromatic heterocycles. The molecule has 0 rings (SSSR count). The zero-order valence-corrected chi connectivity index (χ0v) is 13.1. The molecule has 0 N–H and O–H groups in total. The molecule has 0 heterocycles. The van der Waals surface area contributed by atoms with Gasteiger partial charge in [0, 0.05) is 6.08 Å². The zero-order valence-electron chi connectivity index (χ0n) is 12.1. The largest absolute Gasteiger partial charge is 0.466 e. The predicted molar refractivity (Wildman–Crippen MR) is 73.9 cm³/mol. The topological polar surface area (TPSA) is 52.6 Å². The van der Waals surface area contributed by atoms with Crippen molar-refractivity contribution < 1.29 is 18.8 Å². The maximum atomic E-state index is 11.0. The van der Waals surface area contributed by atoms with E-state index in [9.17, 15) is 9.59 Å². The Kier molecular flexibility index (Phi) is 6.49. The Balaban J connectivity index is 4.50. The molecule has 0 bridgehead atoms. The summed E-state index contributed by atoms with van der Waals surface area (Å²) in [7, 11) is -0.640. The first kappa shape index (κ1) is 17.1. The van der Waals surface area contributed by atoms with Crippen LogP contribution in [-0.4, -0.2) is 33.8 Å². The maximum Gasteiger partial charge on any atom is 0.330 e. The fourth-order valence-corrected chi connectivity index (χ4v) is 2.32. The first-order valence-electron chi connectivity index (χ1n) is 6.01. The van der Waals surface area contributed by atoms with Crippen molar-refractivity contribution in [3.05, 3.63) is 12.2 Å². The van der Waals surface area contributed by atoms with Gasteiger partial charge in [-0.25, -0.2) is 4.79 Å². The SMILES string of the molecule is COC(=O)/C=C/C[C@@H](C=O)O[Si](C)(C)C(C)(C)C. The molecule has 5 heteroatoms. The molecular formula is C13H24O4Si. The second-order valence-corrected chi connectivity index (χ2v) is 10.5. The molecule has 1 atom stereocenters. The third kappa shape index (κ3) is 5.60. The Labute approximate surface area is 110 Å². The molecular weight excluding hydrogens is 248 g/mol. The molecule has 0 aromatic rings. The molecule has 0 aliphatic heterocycles. The Morgan fingerprint density at radius 1 is 1.33 bits per heavy atom. The van der Waals surface area contributed by atoms with Crippen molar-refractivity contribution in [2.45, 2.75) is 51.4 Å². The number of esters is 1. The number of rotatable bonds is 6. The Morgan fingerprint density at radius 3 is 2.28 bits per heavy atom. The second-order valence-electron chi connectivity index (χ2n) is 5.71. The van der Waals surface area contributed by atoms with Crippen LogP contribution in [0.1, 0.15) is 27.2 Å². The Morgan fingerprint density at radius 2 is 1.89 bits per heavy atom. The molecule has 0 saturated carbocycles. The van der Waals surface area contributed by atoms with E-state index >= 15 is 0 Å². The highest BCUT2D eigenvalue weighted by Crippen LogP contribution is 2.37. The van der Waals surface area contributed by atoms with Gasteiger partial charge >= 0.3 is 5.97 Å². The van der Waals surface area contributed by atoms with E-state index in [0.29, 0.717) is 6.42 Å². The van der Waals surface area contributed by atoms with Crippen LogP contribution in [0.25, 0.3) is 0 Å². The third-order valence-electron chi connectivity index (χ3n) is 3.23. The fourth-order valence-electron chi connectivity index (χ4n) is 1.05. The number of carbonyl (C=O) groups is 2. The average molecular weight is 272 g/mol. The van der Waals surface area contributed by atoms with E-state index in [0.717, 1.165) is 6.29 Å². The van der Waals surface area contributed by atoms with E-state index in [1.54, 1.807) is 6.08 Å². The molecule has 4 nitrogen and oxygen atoms in total. The van der Waals surface area contributed by atoms with Crippen molar-refractivity contribution in [2.24, 2.45) is 0 Å². The van der Waals surface area contributed by atoms with Crippen LogP contribution < -0.4 is 0 Å². The lowest BCUT2D eigenvalue weighted by Gasteiger charge is -2.37. The number of methoxy groups -OCH3 is 1. The summed E-state index contributed by atoms with van der Waals surface area (Å²) in [6.07, 6.45) is 3.61. The van der Waals surface area contributed by atoms with Gasteiger partial charge in [-0.15, -0.1) is 0 Å². The fraction of sp³-hybridized carbons (Fsp3) is 0.692. The van der Waals surface area contributed by atoms with Crippen molar-refractivity contribution in [1.82, 2.24) is 0 Å². The number of ether oxygens (including phenoxy) is 1. The van der Waals surface area contributed by atoms with Crippen molar-refractivity contribution in [3.8, 4) is 0 Å². The minimum atomic E-state index is -1.96. The summed E-state index contributed by atoms with van der Waals surface area (Å²) in [6.45, 7) is 10.5. The predicted octanol–water partition coefficient (Wildman–Crippen LogP) is 2.70. The first-order valence-corrected chi connectivity index (χ1v) is 8.92. The van der Waals surface area contributed by atoms with Gasteiger partial charge < -0.3 is 14.0 Å². The number of carbonyl (C=O) groups excluding carboxylic acids is 2. The summed E-state index contributed by atoms with van der Waals surface area (Å²) in [5.74, 6) is -0.424. The van der Waals surface area contributed by atoms with Crippen LogP contribution in [0.15, 0.2) is 12.2 Å². The van der Waals surface area contributed by atoms with Gasteiger partial charge in [-0.3, -0.25) is 0 Å². The molecule has 0 saturated heterocycles. The van der Waals surface area contributed by atoms with Crippen LogP contribution in [-0.2, 0) is 18.8 Å². The van der Waals surface area contributed by atoms with Gasteiger partial charge in [0.15, 0.2) is 8.32 Å². The highest BCUT2D eigenvalue weighted by Gasteiger charge is 2.38. The van der Waals surface area contributed by atoms with Gasteiger partial charge in [-0.05, 0) is 24.6 Å². The van der Waals surface area contributed by atoms with Crippen molar-refractivity contribution in [3.63, 3.8) is 0 Å². The van der Waals surface area contributed by atoms with Crippen molar-refractivity contribution in [2.75, 3.05) is 7.11 Å². The van der Waals surface area contributed by atoms with Crippen LogP contribution in [0.5, 0.6) is 0 Å². The lowest BCUT2D eigenvalue weighted by atomic mass is 10.2. The highest BCUT2D eigenvalue weighted by molar-refractivity contribution is 6.74. The molecule has 0 fully saturated rings. The quantitative estimate of drug-likeness (QED) is 0.323. The van der Waals surface area contributed by atoms with Crippen LogP contribution in [0.3, 0.4) is 0 Å². The molecule has 0 radical (unpaired) electrons. The lowest BCUT2D eigenvalue weighted by molar-refractivity contribution is -0.134. The van der Waals surface area contributed by atoms with E-state index in [-0.39, 0.29) is 5.04 Å². The molecule has 0 spiro atoms. The van der Waals surface area contributed by atoms with Crippen LogP contribution >= 0.6 is 0 Å². The average Bonchev–Trinajstić information content (AvgIpc) is 2.25. The summed E-state index contributed by atoms with van der Waals surface area (Å²) in [4.78, 5) is 21.9. The summed E-state index contributed by atoms with van der Waals surface area (Å²) in [5, 5.41) is 0.0559. The van der Waals surface area contributed by atoms with E-state index in [1.807, 2.05) is 0 Å². The zero-order chi connectivity index (χ0) is 14.4. The highest BCUT2D eigenvalue weighted by atomic mass is 28.4. The Bertz CT molecular complexity index is 315. The normalized spacial score (nSPS) is 14.6. The minimum Gasteiger partial charge on any atom is -0.466 e. The van der Waals surface area contributed by atoms with Gasteiger partial charge in [-0.1, -0.05) is 26.8 Å². The van der Waals surface area contributed by atoms with Gasteiger partial charge in [0.2, 0.25) is 0 Å². The van der Waals surface area contributed by atoms with E-state index < -0.39 is 20.4 Å². The number of aldehydes is 1. The van der Waals surface area contributed by atoms with Crippen LogP contribution in [0.4, 0.5) is 0 Å². The van der Waals surface area contributed by atoms with Crippen molar-refractivity contribution in [1.29, 1.82) is 0 Å². The summed E-state index contributed by atoms with van der Waals surface area (Å²) in [5.41, 5.74) is 0. The molecule has 0 aliphatic carbocycles. The second kappa shape index (κ2) is 6.85. The smallest absolute Gasteiger partial charge is 0.330 e. The first-order chi connectivity index (χ1) is 8.14. The van der Waals surface area contributed by atoms with E-state index in [2.05, 4.69) is 38.6 Å². The summed E-state index contributed by atoms with van der Waals surface area (Å²) >= 11 is 0. The molecule has 0 unspecified atom stereocenters. The molecule has 0 amide bonds. The minimum absolute atomic E-state index is 0.0559. The monoisotopic (exact) mass is 272 g/mol. The van der Waals surface area contributed by atoms with Gasteiger partial charge in [-0.2, -0.15) is 0 Å². The van der Waals surface area contributed by atoms with Gasteiger partial charge in [0.1, 0.15) is 12.4 Å². The molecule has 104 valence electrons. The standard InChI is InChI=1S/C13H24O4Si/c1-13(2,3)18(5,6)17-11(10-14)8-7-9-12(15)16-4/h7,9-11H,8H2,1-6H3/b9-7+/t11-/m0/s1. The van der Waals surface area contributed by atoms with Crippen LogP contribution in [0.2, 0.25) is 18.1 Å². The molecule has 0 aromatic carbocycles. The van der Waals surface area contributed by atoms with Crippen molar-refractivity contribution >= 4 is 20.6 Å². The maximum absolute atomic E-state index is 11.0. The van der Waals surface area contributed by atoms with Gasteiger partial charge in [0.05, 0.1) is 7.11 Å². The Hall–Kier alpha value is -0.943. The number of hydrogen-bond acceptors (Lipinski definition) is 4. The summed E-state index contributed by atoms with van der Waals surface area (Å²) in [6, 6.07) is 0. The molecule has 18 heavy (non-hydrogen) atoms. The summed E-state index contributed by atoms with van der Waals surface area (Å²) < 4.78 is 10.4. The van der Waals surface area contributed by atoms with Gasteiger partial charge in [0.25, 0.3) is 0 Å². The van der Waals surface area contributed by atoms with Crippen LogP contribution in [0, 0.1) is 0 Å².